The van der Waals surface area contributed by atoms with Crippen LogP contribution in [0.5, 0.6) is 11.5 Å². The molecule has 2 N–H and O–H groups in total. The lowest BCUT2D eigenvalue weighted by molar-refractivity contribution is -0.120. The van der Waals surface area contributed by atoms with Crippen LogP contribution in [-0.4, -0.2) is 31.2 Å². The van der Waals surface area contributed by atoms with E-state index in [1.165, 1.54) is 54.7 Å². The highest BCUT2D eigenvalue weighted by Crippen LogP contribution is 2.33. The molecule has 0 spiro atoms. The van der Waals surface area contributed by atoms with E-state index in [-0.39, 0.29) is 24.8 Å². The average Bonchev–Trinajstić information content (AvgIpc) is 2.83. The number of nitrogens with one attached hydrogen (secondary N) is 2. The second-order valence-electron chi connectivity index (χ2n) is 7.19. The molecule has 0 unspecified atom stereocenters. The van der Waals surface area contributed by atoms with Crippen LogP contribution in [0.15, 0.2) is 70.2 Å². The van der Waals surface area contributed by atoms with Crippen molar-refractivity contribution in [1.82, 2.24) is 5.43 Å². The van der Waals surface area contributed by atoms with Gasteiger partial charge in [-0.1, -0.05) is 12.1 Å². The maximum atomic E-state index is 13.0. The van der Waals surface area contributed by atoms with Gasteiger partial charge in [-0.2, -0.15) is 5.10 Å². The van der Waals surface area contributed by atoms with Crippen LogP contribution in [-0.2, 0) is 16.0 Å². The fourth-order valence-corrected chi connectivity index (χ4v) is 3.33. The number of nitrogens with zero attached hydrogens (tertiary/aromatic N) is 1. The van der Waals surface area contributed by atoms with E-state index < -0.39 is 11.7 Å². The Hall–Kier alpha value is -3.79. The summed E-state index contributed by atoms with van der Waals surface area (Å²) in [7, 11) is 0. The molecule has 0 saturated heterocycles. The van der Waals surface area contributed by atoms with Gasteiger partial charge in [-0.3, -0.25) is 9.59 Å². The molecule has 0 atom stereocenters. The minimum absolute atomic E-state index is 0.0513. The standard InChI is InChI=1S/C25H22BrF2N3O4/c1-2-34-22-12-17(14-29-31-24(32)11-16-3-5-18(27)6-4-16)21(26)13-23(22)35-15-25(33)30-20-9-7-19(28)8-10-20/h3-10,12-14H,2,11,15H2,1H3,(H,30,33)(H,31,32)/b29-14+. The maximum Gasteiger partial charge on any atom is 0.262 e. The molecule has 0 aliphatic carbocycles. The molecule has 0 heterocycles. The summed E-state index contributed by atoms with van der Waals surface area (Å²) in [4.78, 5) is 24.2. The van der Waals surface area contributed by atoms with Crippen molar-refractivity contribution < 1.29 is 27.8 Å². The van der Waals surface area contributed by atoms with Crippen molar-refractivity contribution in [3.63, 3.8) is 0 Å². The number of carbonyl (C=O) groups is 2. The van der Waals surface area contributed by atoms with E-state index in [0.717, 1.165) is 0 Å². The van der Waals surface area contributed by atoms with Crippen molar-refractivity contribution in [1.29, 1.82) is 0 Å². The number of carbonyl (C=O) groups excluding carboxylic acids is 2. The van der Waals surface area contributed by atoms with E-state index in [4.69, 9.17) is 9.47 Å². The maximum absolute atomic E-state index is 13.0. The summed E-state index contributed by atoms with van der Waals surface area (Å²) in [5.74, 6) is -0.856. The predicted octanol–water partition coefficient (Wildman–Crippen LogP) is 4.84. The number of anilines is 1. The predicted molar refractivity (Wildman–Crippen MR) is 132 cm³/mol. The molecule has 10 heteroatoms. The number of rotatable bonds is 10. The zero-order chi connectivity index (χ0) is 25.2. The summed E-state index contributed by atoms with van der Waals surface area (Å²) in [5.41, 5.74) is 4.12. The van der Waals surface area contributed by atoms with Gasteiger partial charge in [0.15, 0.2) is 18.1 Å². The van der Waals surface area contributed by atoms with Gasteiger partial charge in [-0.05, 0) is 76.9 Å². The van der Waals surface area contributed by atoms with Crippen LogP contribution in [0, 0.1) is 11.6 Å². The normalized spacial score (nSPS) is 10.7. The number of ether oxygens (including phenoxy) is 2. The zero-order valence-corrected chi connectivity index (χ0v) is 20.3. The van der Waals surface area contributed by atoms with E-state index in [1.807, 2.05) is 0 Å². The van der Waals surface area contributed by atoms with Crippen molar-refractivity contribution >= 4 is 39.6 Å². The number of halogens is 3. The van der Waals surface area contributed by atoms with Crippen molar-refractivity contribution in [2.45, 2.75) is 13.3 Å². The molecule has 3 aromatic carbocycles. The Balaban J connectivity index is 1.60. The van der Waals surface area contributed by atoms with Gasteiger partial charge in [0, 0.05) is 15.7 Å². The molecule has 3 aromatic rings. The summed E-state index contributed by atoms with van der Waals surface area (Å²) in [6, 6.07) is 14.3. The van der Waals surface area contributed by atoms with E-state index in [0.29, 0.717) is 39.4 Å². The second kappa shape index (κ2) is 12.6. The Bertz CT molecular complexity index is 1200. The first-order valence-electron chi connectivity index (χ1n) is 10.5. The van der Waals surface area contributed by atoms with Crippen LogP contribution >= 0.6 is 15.9 Å². The van der Waals surface area contributed by atoms with Gasteiger partial charge in [-0.25, -0.2) is 14.2 Å². The summed E-state index contributed by atoms with van der Waals surface area (Å²) < 4.78 is 37.8. The molecule has 0 radical (unpaired) electrons. The van der Waals surface area contributed by atoms with Crippen LogP contribution in [0.4, 0.5) is 14.5 Å². The van der Waals surface area contributed by atoms with Crippen molar-refractivity contribution in [2.75, 3.05) is 18.5 Å². The molecule has 0 aliphatic rings. The molecular formula is C25H22BrF2N3O4. The molecule has 0 fully saturated rings. The number of benzene rings is 3. The van der Waals surface area contributed by atoms with Gasteiger partial charge < -0.3 is 14.8 Å². The zero-order valence-electron chi connectivity index (χ0n) is 18.7. The third kappa shape index (κ3) is 8.18. The third-order valence-electron chi connectivity index (χ3n) is 4.52. The van der Waals surface area contributed by atoms with E-state index >= 15 is 0 Å². The summed E-state index contributed by atoms with van der Waals surface area (Å²) in [6.45, 7) is 1.86. The van der Waals surface area contributed by atoms with Gasteiger partial charge in [0.25, 0.3) is 5.91 Å². The van der Waals surface area contributed by atoms with E-state index in [9.17, 15) is 18.4 Å². The number of amides is 2. The lowest BCUT2D eigenvalue weighted by atomic mass is 10.1. The molecule has 0 aromatic heterocycles. The fourth-order valence-electron chi connectivity index (χ4n) is 2.91. The highest BCUT2D eigenvalue weighted by atomic mass is 79.9. The van der Waals surface area contributed by atoms with Crippen LogP contribution in [0.2, 0.25) is 0 Å². The van der Waals surface area contributed by atoms with Crippen molar-refractivity contribution in [3.05, 3.63) is 87.9 Å². The Morgan fingerprint density at radius 1 is 0.943 bits per heavy atom. The summed E-state index contributed by atoms with van der Waals surface area (Å²) in [6.07, 6.45) is 1.48. The third-order valence-corrected chi connectivity index (χ3v) is 5.21. The van der Waals surface area contributed by atoms with Gasteiger partial charge in [-0.15, -0.1) is 0 Å². The molecule has 3 rings (SSSR count). The minimum atomic E-state index is -0.426. The number of hydrogen-bond acceptors (Lipinski definition) is 5. The van der Waals surface area contributed by atoms with E-state index in [1.54, 1.807) is 19.1 Å². The largest absolute Gasteiger partial charge is 0.490 e. The summed E-state index contributed by atoms with van der Waals surface area (Å²) >= 11 is 3.42. The quantitative estimate of drug-likeness (QED) is 0.282. The van der Waals surface area contributed by atoms with E-state index in [2.05, 4.69) is 31.8 Å². The lowest BCUT2D eigenvalue weighted by Gasteiger charge is -2.14. The van der Waals surface area contributed by atoms with Crippen LogP contribution in [0.25, 0.3) is 0 Å². The highest BCUT2D eigenvalue weighted by molar-refractivity contribution is 9.10. The van der Waals surface area contributed by atoms with Crippen LogP contribution in [0.1, 0.15) is 18.1 Å². The molecule has 0 aliphatic heterocycles. The van der Waals surface area contributed by atoms with Crippen LogP contribution in [0.3, 0.4) is 0 Å². The Morgan fingerprint density at radius 3 is 2.23 bits per heavy atom. The first-order chi connectivity index (χ1) is 16.8. The Kier molecular flexibility index (Phi) is 9.31. The lowest BCUT2D eigenvalue weighted by Crippen LogP contribution is -2.20. The summed E-state index contributed by atoms with van der Waals surface area (Å²) in [5, 5.41) is 6.57. The average molecular weight is 546 g/mol. The first-order valence-corrected chi connectivity index (χ1v) is 11.3. The van der Waals surface area contributed by atoms with Crippen molar-refractivity contribution in [3.8, 4) is 11.5 Å². The topological polar surface area (TPSA) is 89.0 Å². The van der Waals surface area contributed by atoms with Gasteiger partial charge >= 0.3 is 0 Å². The molecule has 0 bridgehead atoms. The Labute approximate surface area is 209 Å². The second-order valence-corrected chi connectivity index (χ2v) is 8.05. The first kappa shape index (κ1) is 25.8. The van der Waals surface area contributed by atoms with Crippen molar-refractivity contribution in [2.24, 2.45) is 5.10 Å². The van der Waals surface area contributed by atoms with Crippen LogP contribution < -0.4 is 20.2 Å². The molecule has 182 valence electrons. The van der Waals surface area contributed by atoms with Gasteiger partial charge in [0.1, 0.15) is 11.6 Å². The fraction of sp³-hybridized carbons (Fsp3) is 0.160. The number of hydrogen-bond donors (Lipinski definition) is 2. The molecule has 35 heavy (non-hydrogen) atoms. The monoisotopic (exact) mass is 545 g/mol. The molecule has 0 saturated carbocycles. The molecular weight excluding hydrogens is 524 g/mol. The highest BCUT2D eigenvalue weighted by Gasteiger charge is 2.13. The van der Waals surface area contributed by atoms with Gasteiger partial charge in [0.05, 0.1) is 19.2 Å². The minimum Gasteiger partial charge on any atom is -0.490 e. The molecule has 7 nitrogen and oxygen atoms in total. The molecule has 2 amide bonds. The Morgan fingerprint density at radius 2 is 1.57 bits per heavy atom. The van der Waals surface area contributed by atoms with Gasteiger partial charge in [0.2, 0.25) is 5.91 Å². The SMILES string of the molecule is CCOc1cc(/C=N/NC(=O)Cc2ccc(F)cc2)c(Br)cc1OCC(=O)Nc1ccc(F)cc1. The smallest absolute Gasteiger partial charge is 0.262 e. The number of hydrazone groups is 1.